The van der Waals surface area contributed by atoms with Crippen LogP contribution in [0.5, 0.6) is 0 Å². The van der Waals surface area contributed by atoms with E-state index in [0.29, 0.717) is 32.1 Å². The van der Waals surface area contributed by atoms with E-state index < -0.39 is 5.60 Å². The first-order valence-corrected chi connectivity index (χ1v) is 10.1. The van der Waals surface area contributed by atoms with Crippen LogP contribution < -0.4 is 4.90 Å². The van der Waals surface area contributed by atoms with Crippen LogP contribution in [0, 0.1) is 17.4 Å². The fourth-order valence-corrected chi connectivity index (χ4v) is 3.51. The summed E-state index contributed by atoms with van der Waals surface area (Å²) in [6.45, 7) is 10.4. The van der Waals surface area contributed by atoms with Crippen LogP contribution in [0.1, 0.15) is 26.3 Å². The molecule has 1 amide bonds. The molecule has 1 fully saturated rings. The number of carbonyl (C=O) groups excluding carboxylic acids is 1. The summed E-state index contributed by atoms with van der Waals surface area (Å²) >= 11 is 0. The highest BCUT2D eigenvalue weighted by atomic mass is 16.6. The van der Waals surface area contributed by atoms with Gasteiger partial charge >= 0.3 is 6.09 Å². The van der Waals surface area contributed by atoms with Gasteiger partial charge in [0.25, 0.3) is 0 Å². The van der Waals surface area contributed by atoms with E-state index in [-0.39, 0.29) is 6.09 Å². The molecule has 0 unspecified atom stereocenters. The molecule has 0 radical (unpaired) electrons. The molecule has 9 nitrogen and oxygen atoms in total. The van der Waals surface area contributed by atoms with Gasteiger partial charge in [-0.25, -0.2) is 9.78 Å². The number of piperazine rings is 1. The molecule has 4 rings (SSSR count). The number of hydrogen-bond acceptors (Lipinski definition) is 7. The topological polar surface area (TPSA) is 104 Å². The molecule has 2 aromatic heterocycles. The summed E-state index contributed by atoms with van der Waals surface area (Å²) < 4.78 is 7.48. The monoisotopic (exact) mass is 424 g/mol. The third-order valence-electron chi connectivity index (χ3n) is 4.94. The molecular formula is C22H28N6O3. The molecule has 1 N–H and O–H groups in total. The maximum Gasteiger partial charge on any atom is 0.410 e. The molecule has 1 aliphatic rings. The predicted octanol–water partition coefficient (Wildman–Crippen LogP) is 4.12. The standard InChI is InChI=1S/C22H27N5O2.HNO/c1-16-5-6-18-17(15-16)8-10-27(18)20-23-9-7-19(24-20)25-11-13-26(14-12-25)21(28)29-22(2,3)4;1-2/h5-10,15H,11-14H2,1-4H3;1H. The fourth-order valence-electron chi connectivity index (χ4n) is 3.51. The van der Waals surface area contributed by atoms with Gasteiger partial charge in [-0.1, -0.05) is 17.2 Å². The first-order chi connectivity index (χ1) is 14.8. The second-order valence-corrected chi connectivity index (χ2v) is 8.42. The lowest BCUT2D eigenvalue weighted by Gasteiger charge is -2.36. The first-order valence-electron chi connectivity index (χ1n) is 10.1. The van der Waals surface area contributed by atoms with Gasteiger partial charge in [0.05, 0.1) is 5.52 Å². The van der Waals surface area contributed by atoms with Gasteiger partial charge in [0.2, 0.25) is 5.95 Å². The maximum atomic E-state index is 12.3. The number of aromatic nitrogens is 3. The molecule has 1 aliphatic heterocycles. The zero-order valence-corrected chi connectivity index (χ0v) is 18.3. The molecule has 31 heavy (non-hydrogen) atoms. The summed E-state index contributed by atoms with van der Waals surface area (Å²) in [5.41, 5.74) is 6.34. The van der Waals surface area contributed by atoms with Crippen LogP contribution in [-0.4, -0.2) is 57.3 Å². The van der Waals surface area contributed by atoms with Crippen molar-refractivity contribution >= 4 is 22.8 Å². The number of ether oxygens (including phenoxy) is 1. The van der Waals surface area contributed by atoms with Crippen LogP contribution in [0.2, 0.25) is 0 Å². The van der Waals surface area contributed by atoms with Crippen molar-refractivity contribution in [2.24, 2.45) is 0 Å². The Kier molecular flexibility index (Phi) is 6.53. The number of aryl methyl sites for hydroxylation is 1. The average Bonchev–Trinajstić information content (AvgIpc) is 3.17. The van der Waals surface area contributed by atoms with Crippen molar-refractivity contribution < 1.29 is 9.53 Å². The number of hydrogen-bond donors (Lipinski definition) is 1. The largest absolute Gasteiger partial charge is 0.444 e. The van der Waals surface area contributed by atoms with E-state index in [2.05, 4.69) is 46.7 Å². The summed E-state index contributed by atoms with van der Waals surface area (Å²) in [7, 11) is 0. The SMILES string of the molecule is Cc1ccc2c(ccn2-c2nccc(N3CCN(C(=O)OC(C)(C)C)CC3)n2)c1.N=O. The molecule has 164 valence electrons. The van der Waals surface area contributed by atoms with Crippen molar-refractivity contribution in [3.05, 3.63) is 53.2 Å². The van der Waals surface area contributed by atoms with E-state index in [9.17, 15) is 4.79 Å². The second-order valence-electron chi connectivity index (χ2n) is 8.42. The zero-order chi connectivity index (χ0) is 22.6. The number of amides is 1. The first kappa shape index (κ1) is 22.2. The van der Waals surface area contributed by atoms with Crippen LogP contribution in [0.4, 0.5) is 10.6 Å². The summed E-state index contributed by atoms with van der Waals surface area (Å²) in [4.78, 5) is 33.0. The van der Waals surface area contributed by atoms with Crippen molar-refractivity contribution in [1.82, 2.24) is 19.4 Å². The molecule has 0 atom stereocenters. The lowest BCUT2D eigenvalue weighted by Crippen LogP contribution is -2.50. The predicted molar refractivity (Wildman–Crippen MR) is 120 cm³/mol. The van der Waals surface area contributed by atoms with Gasteiger partial charge in [0.15, 0.2) is 0 Å². The number of nitrogens with zero attached hydrogens (tertiary/aromatic N) is 5. The number of carbonyl (C=O) groups is 1. The van der Waals surface area contributed by atoms with Crippen molar-refractivity contribution in [2.75, 3.05) is 31.1 Å². The van der Waals surface area contributed by atoms with Crippen LogP contribution in [0.25, 0.3) is 16.9 Å². The Balaban J connectivity index is 0.00000132. The van der Waals surface area contributed by atoms with Gasteiger partial charge in [0, 0.05) is 44.0 Å². The van der Waals surface area contributed by atoms with Crippen molar-refractivity contribution in [1.29, 1.82) is 5.59 Å². The van der Waals surface area contributed by atoms with E-state index in [1.807, 2.05) is 37.6 Å². The molecule has 1 aromatic carbocycles. The van der Waals surface area contributed by atoms with Gasteiger partial charge in [-0.3, -0.25) is 4.57 Å². The van der Waals surface area contributed by atoms with E-state index >= 15 is 0 Å². The Morgan fingerprint density at radius 3 is 2.45 bits per heavy atom. The van der Waals surface area contributed by atoms with Crippen molar-refractivity contribution in [3.63, 3.8) is 0 Å². The van der Waals surface area contributed by atoms with E-state index in [4.69, 9.17) is 14.6 Å². The molecular weight excluding hydrogens is 396 g/mol. The summed E-state index contributed by atoms with van der Waals surface area (Å²) in [5, 5.41) is 1.17. The Bertz CT molecular complexity index is 1050. The smallest absolute Gasteiger partial charge is 0.410 e. The third kappa shape index (κ3) is 5.17. The van der Waals surface area contributed by atoms with Crippen LogP contribution in [0.15, 0.2) is 42.7 Å². The quantitative estimate of drug-likeness (QED) is 0.621. The van der Waals surface area contributed by atoms with Crippen LogP contribution in [0.3, 0.4) is 0 Å². The van der Waals surface area contributed by atoms with E-state index in [1.54, 1.807) is 11.1 Å². The van der Waals surface area contributed by atoms with Gasteiger partial charge < -0.3 is 14.5 Å². The minimum atomic E-state index is -0.478. The average molecular weight is 425 g/mol. The number of nitrogens with one attached hydrogen (secondary N) is 1. The molecule has 3 heterocycles. The molecule has 9 heteroatoms. The number of nitroso groups, excluding NO2 is 1. The summed E-state index contributed by atoms with van der Waals surface area (Å²) in [6, 6.07) is 10.4. The van der Waals surface area contributed by atoms with E-state index in [0.717, 1.165) is 11.3 Å². The van der Waals surface area contributed by atoms with Crippen molar-refractivity contribution in [2.45, 2.75) is 33.3 Å². The van der Waals surface area contributed by atoms with Gasteiger partial charge in [-0.05, 0) is 52.0 Å². The van der Waals surface area contributed by atoms with Gasteiger partial charge in [0.1, 0.15) is 11.4 Å². The summed E-state index contributed by atoms with van der Waals surface area (Å²) in [5.74, 6) is 1.52. The number of fused-ring (bicyclic) bond motifs is 1. The highest BCUT2D eigenvalue weighted by molar-refractivity contribution is 5.82. The Morgan fingerprint density at radius 2 is 1.77 bits per heavy atom. The van der Waals surface area contributed by atoms with Crippen molar-refractivity contribution in [3.8, 4) is 5.95 Å². The molecule has 0 spiro atoms. The highest BCUT2D eigenvalue weighted by Crippen LogP contribution is 2.22. The molecule has 0 bridgehead atoms. The van der Waals surface area contributed by atoms with Gasteiger partial charge in [-0.2, -0.15) is 9.89 Å². The van der Waals surface area contributed by atoms with Crippen LogP contribution >= 0.6 is 0 Å². The molecule has 0 aliphatic carbocycles. The molecule has 1 saturated heterocycles. The Morgan fingerprint density at radius 1 is 1.06 bits per heavy atom. The second kappa shape index (κ2) is 9.11. The van der Waals surface area contributed by atoms with E-state index in [1.165, 1.54) is 10.9 Å². The normalized spacial score (nSPS) is 14.2. The minimum absolute atomic E-state index is 0.255. The lowest BCUT2D eigenvalue weighted by molar-refractivity contribution is 0.0240. The fraction of sp³-hybridized carbons (Fsp3) is 0.409. The lowest BCUT2D eigenvalue weighted by atomic mass is 10.2. The zero-order valence-electron chi connectivity index (χ0n) is 18.3. The Labute approximate surface area is 181 Å². The Hall–Kier alpha value is -3.49. The number of anilines is 1. The summed E-state index contributed by atoms with van der Waals surface area (Å²) in [6.07, 6.45) is 3.54. The molecule has 3 aromatic rings. The molecule has 0 saturated carbocycles. The van der Waals surface area contributed by atoms with Gasteiger partial charge in [-0.15, -0.1) is 0 Å². The number of benzene rings is 1. The third-order valence-corrected chi connectivity index (χ3v) is 4.94. The minimum Gasteiger partial charge on any atom is -0.444 e. The number of rotatable bonds is 2. The highest BCUT2D eigenvalue weighted by Gasteiger charge is 2.26. The van der Waals surface area contributed by atoms with Crippen LogP contribution in [-0.2, 0) is 4.74 Å². The maximum absolute atomic E-state index is 12.3.